The number of amides is 1. The third-order valence-electron chi connectivity index (χ3n) is 4.56. The molecule has 22 heavy (non-hydrogen) atoms. The fourth-order valence-electron chi connectivity index (χ4n) is 2.97. The van der Waals surface area contributed by atoms with Gasteiger partial charge in [0.05, 0.1) is 6.33 Å². The zero-order chi connectivity index (χ0) is 16.7. The van der Waals surface area contributed by atoms with Gasteiger partial charge in [-0.2, -0.15) is 8.42 Å². The number of ketones is 1. The normalized spacial score (nSPS) is 23.6. The Hall–Kier alpha value is -1.70. The van der Waals surface area contributed by atoms with Crippen LogP contribution in [0.3, 0.4) is 0 Å². The Bertz CT molecular complexity index is 705. The molecule has 1 aromatic rings. The minimum absolute atomic E-state index is 0.0265. The third kappa shape index (κ3) is 2.79. The Morgan fingerprint density at radius 2 is 2.05 bits per heavy atom. The number of carbonyl (C=O) groups is 2. The lowest BCUT2D eigenvalue weighted by molar-refractivity contribution is -0.147. The molecule has 0 aromatic carbocycles. The fourth-order valence-corrected chi connectivity index (χ4v) is 3.94. The fraction of sp³-hybridized carbons (Fsp3) is 0.643. The molecule has 1 saturated carbocycles. The minimum Gasteiger partial charge on any atom is -0.336 e. The van der Waals surface area contributed by atoms with Crippen molar-refractivity contribution in [3.63, 3.8) is 0 Å². The van der Waals surface area contributed by atoms with Gasteiger partial charge in [0.2, 0.25) is 5.91 Å². The topological polar surface area (TPSA) is 98.1 Å². The van der Waals surface area contributed by atoms with Crippen LogP contribution in [0, 0.1) is 17.3 Å². The van der Waals surface area contributed by atoms with Gasteiger partial charge in [0.1, 0.15) is 5.78 Å². The van der Waals surface area contributed by atoms with Gasteiger partial charge >= 0.3 is 0 Å². The number of nitrogens with one attached hydrogen (secondary N) is 1. The van der Waals surface area contributed by atoms with Crippen molar-refractivity contribution in [1.29, 1.82) is 0 Å². The molecular weight excluding hydrogens is 306 g/mol. The van der Waals surface area contributed by atoms with E-state index >= 15 is 0 Å². The Labute approximate surface area is 130 Å². The summed E-state index contributed by atoms with van der Waals surface area (Å²) < 4.78 is 28.0. The van der Waals surface area contributed by atoms with Gasteiger partial charge in [-0.1, -0.05) is 13.8 Å². The highest BCUT2D eigenvalue weighted by Crippen LogP contribution is 2.51. The zero-order valence-electron chi connectivity index (χ0n) is 13.2. The number of aryl methyl sites for hydroxylation is 1. The summed E-state index contributed by atoms with van der Waals surface area (Å²) >= 11 is 0. The van der Waals surface area contributed by atoms with Crippen LogP contribution in [0.2, 0.25) is 0 Å². The Kier molecular flexibility index (Phi) is 4.16. The molecule has 0 aliphatic heterocycles. The van der Waals surface area contributed by atoms with Crippen LogP contribution < -0.4 is 4.72 Å². The number of aromatic nitrogens is 2. The second kappa shape index (κ2) is 5.49. The predicted molar refractivity (Wildman–Crippen MR) is 79.3 cm³/mol. The van der Waals surface area contributed by atoms with Crippen molar-refractivity contribution in [2.45, 2.75) is 45.7 Å². The molecule has 1 amide bonds. The lowest BCUT2D eigenvalue weighted by Crippen LogP contribution is -2.55. The van der Waals surface area contributed by atoms with Crippen molar-refractivity contribution in [3.8, 4) is 0 Å². The highest BCUT2D eigenvalue weighted by atomic mass is 32.2. The van der Waals surface area contributed by atoms with E-state index in [9.17, 15) is 18.0 Å². The number of carbonyl (C=O) groups excluding carboxylic acids is 2. The Balaban J connectivity index is 2.11. The molecule has 1 fully saturated rings. The molecule has 1 aliphatic carbocycles. The van der Waals surface area contributed by atoms with Gasteiger partial charge in [-0.05, 0) is 25.7 Å². The second-order valence-corrected chi connectivity index (χ2v) is 7.91. The summed E-state index contributed by atoms with van der Waals surface area (Å²) in [7, 11) is -3.97. The molecule has 8 heteroatoms. The van der Waals surface area contributed by atoms with E-state index in [1.54, 1.807) is 4.57 Å². The van der Waals surface area contributed by atoms with Crippen LogP contribution in [0.1, 0.15) is 34.1 Å². The predicted octanol–water partition coefficient (Wildman–Crippen LogP) is 0.959. The smallest absolute Gasteiger partial charge is 0.283 e. The summed E-state index contributed by atoms with van der Waals surface area (Å²) in [6.45, 7) is 7.56. The van der Waals surface area contributed by atoms with Crippen molar-refractivity contribution >= 4 is 21.7 Å². The number of nitrogens with zero attached hydrogens (tertiary/aromatic N) is 2. The van der Waals surface area contributed by atoms with E-state index in [2.05, 4.69) is 9.71 Å². The van der Waals surface area contributed by atoms with Crippen LogP contribution in [-0.2, 0) is 26.2 Å². The first-order valence-corrected chi connectivity index (χ1v) is 8.66. The lowest BCUT2D eigenvalue weighted by Gasteiger charge is -2.49. The quantitative estimate of drug-likeness (QED) is 0.868. The molecule has 7 nitrogen and oxygen atoms in total. The molecule has 1 aromatic heterocycles. The molecule has 1 N–H and O–H groups in total. The van der Waals surface area contributed by atoms with E-state index in [4.69, 9.17) is 0 Å². The van der Waals surface area contributed by atoms with E-state index in [-0.39, 0.29) is 16.7 Å². The first-order chi connectivity index (χ1) is 10.1. The first kappa shape index (κ1) is 16.7. The van der Waals surface area contributed by atoms with Crippen LogP contribution in [0.25, 0.3) is 0 Å². The maximum atomic E-state index is 12.2. The van der Waals surface area contributed by atoms with Crippen LogP contribution in [0.5, 0.6) is 0 Å². The van der Waals surface area contributed by atoms with Gasteiger partial charge in [0, 0.05) is 24.6 Å². The van der Waals surface area contributed by atoms with Crippen molar-refractivity contribution in [2.75, 3.05) is 0 Å². The van der Waals surface area contributed by atoms with Gasteiger partial charge in [-0.3, -0.25) is 9.59 Å². The number of hydrogen-bond donors (Lipinski definition) is 1. The van der Waals surface area contributed by atoms with Crippen LogP contribution >= 0.6 is 0 Å². The average molecular weight is 327 g/mol. The third-order valence-corrected chi connectivity index (χ3v) is 5.79. The average Bonchev–Trinajstić information content (AvgIpc) is 2.85. The summed E-state index contributed by atoms with van der Waals surface area (Å²) in [4.78, 5) is 27.5. The van der Waals surface area contributed by atoms with Crippen molar-refractivity contribution in [3.05, 3.63) is 12.5 Å². The van der Waals surface area contributed by atoms with Crippen LogP contribution in [0.15, 0.2) is 17.6 Å². The van der Waals surface area contributed by atoms with Gasteiger partial charge < -0.3 is 4.57 Å². The number of sulfonamides is 1. The molecule has 0 saturated heterocycles. The molecule has 2 rings (SSSR count). The first-order valence-electron chi connectivity index (χ1n) is 7.18. The largest absolute Gasteiger partial charge is 0.336 e. The summed E-state index contributed by atoms with van der Waals surface area (Å²) in [5.74, 6) is -1.25. The maximum absolute atomic E-state index is 12.2. The second-order valence-electron chi connectivity index (χ2n) is 6.28. The van der Waals surface area contributed by atoms with Gasteiger partial charge in [0.25, 0.3) is 10.0 Å². The Morgan fingerprint density at radius 1 is 1.41 bits per heavy atom. The number of imidazole rings is 1. The number of Topliss-reactive ketones (excluding diaryl/α,β-unsaturated/α-hetero) is 1. The number of rotatable bonds is 5. The molecule has 1 heterocycles. The lowest BCUT2D eigenvalue weighted by atomic mass is 9.53. The summed E-state index contributed by atoms with van der Waals surface area (Å²) in [5, 5.41) is -0.178. The van der Waals surface area contributed by atoms with E-state index in [1.807, 2.05) is 20.8 Å². The molecule has 0 unspecified atom stereocenters. The van der Waals surface area contributed by atoms with Crippen molar-refractivity contribution in [1.82, 2.24) is 14.3 Å². The molecule has 0 bridgehead atoms. The highest BCUT2D eigenvalue weighted by molar-refractivity contribution is 7.90. The summed E-state index contributed by atoms with van der Waals surface area (Å²) in [6.07, 6.45) is 3.16. The van der Waals surface area contributed by atoms with E-state index in [0.29, 0.717) is 13.0 Å². The summed E-state index contributed by atoms with van der Waals surface area (Å²) in [5.41, 5.74) is -0.534. The van der Waals surface area contributed by atoms with Crippen molar-refractivity contribution < 1.29 is 18.0 Å². The van der Waals surface area contributed by atoms with Gasteiger partial charge in [-0.25, -0.2) is 9.71 Å². The molecule has 1 aliphatic rings. The zero-order valence-corrected chi connectivity index (χ0v) is 14.0. The molecule has 122 valence electrons. The molecule has 0 radical (unpaired) electrons. The monoisotopic (exact) mass is 327 g/mol. The van der Waals surface area contributed by atoms with Crippen LogP contribution in [0.4, 0.5) is 0 Å². The minimum atomic E-state index is -3.97. The number of hydrogen-bond acceptors (Lipinski definition) is 5. The van der Waals surface area contributed by atoms with Crippen LogP contribution in [-0.4, -0.2) is 29.7 Å². The summed E-state index contributed by atoms with van der Waals surface area (Å²) in [6, 6.07) is 0. The highest BCUT2D eigenvalue weighted by Gasteiger charge is 2.54. The van der Waals surface area contributed by atoms with Gasteiger partial charge in [-0.15, -0.1) is 0 Å². The SMILES string of the molecule is CCn1cnc(S(=O)(=O)NC(=O)[C@@H]2C[C@H](C(C)=O)C2(C)C)c1. The Morgan fingerprint density at radius 3 is 2.50 bits per heavy atom. The molecule has 0 spiro atoms. The molecular formula is C14H21N3O4S. The van der Waals surface area contributed by atoms with E-state index in [0.717, 1.165) is 0 Å². The van der Waals surface area contributed by atoms with E-state index in [1.165, 1.54) is 19.4 Å². The van der Waals surface area contributed by atoms with Gasteiger partial charge in [0.15, 0.2) is 5.03 Å². The maximum Gasteiger partial charge on any atom is 0.283 e. The standard InChI is InChI=1S/C14H21N3O4S/c1-5-17-7-12(15-8-17)22(20,21)16-13(19)11-6-10(9(2)18)14(11,3)4/h7-8,10-11H,5-6H2,1-4H3,(H,16,19)/t10-,11+/m1/s1. The van der Waals surface area contributed by atoms with Crippen molar-refractivity contribution in [2.24, 2.45) is 17.3 Å². The molecule has 2 atom stereocenters. The van der Waals surface area contributed by atoms with E-state index < -0.39 is 27.3 Å².